The quantitative estimate of drug-likeness (QED) is 0.273. The van der Waals surface area contributed by atoms with E-state index in [1.807, 2.05) is 13.0 Å². The van der Waals surface area contributed by atoms with Gasteiger partial charge in [-0.2, -0.15) is 13.2 Å². The second-order valence-electron chi connectivity index (χ2n) is 9.96. The molecule has 4 rings (SSSR count). The number of benzene rings is 2. The van der Waals surface area contributed by atoms with E-state index in [1.54, 1.807) is 19.9 Å². The number of carboxylic acid groups (broad SMARTS) is 1. The summed E-state index contributed by atoms with van der Waals surface area (Å²) in [5.41, 5.74) is 1.59. The molecule has 2 aromatic carbocycles. The molecule has 0 atom stereocenters. The minimum Gasteiger partial charge on any atom is -0.493 e. The molecule has 0 spiro atoms. The number of rotatable bonds is 10. The van der Waals surface area contributed by atoms with E-state index in [0.29, 0.717) is 28.6 Å². The van der Waals surface area contributed by atoms with Gasteiger partial charge in [0.1, 0.15) is 16.4 Å². The first-order valence-electron chi connectivity index (χ1n) is 12.7. The van der Waals surface area contributed by atoms with E-state index >= 15 is 0 Å². The first-order valence-corrected chi connectivity index (χ1v) is 14.3. The van der Waals surface area contributed by atoms with Crippen LogP contribution in [0, 0.1) is 6.92 Å². The molecule has 0 unspecified atom stereocenters. The predicted molar refractivity (Wildman–Crippen MR) is 150 cm³/mol. The van der Waals surface area contributed by atoms with Gasteiger partial charge in [0.25, 0.3) is 0 Å². The summed E-state index contributed by atoms with van der Waals surface area (Å²) in [6, 6.07) is 8.64. The van der Waals surface area contributed by atoms with E-state index in [-0.39, 0.29) is 6.61 Å². The molecule has 3 aromatic rings. The van der Waals surface area contributed by atoms with Crippen LogP contribution in [-0.2, 0) is 24.1 Å². The molecule has 0 saturated carbocycles. The van der Waals surface area contributed by atoms with E-state index in [9.17, 15) is 23.1 Å². The van der Waals surface area contributed by atoms with E-state index < -0.39 is 22.5 Å². The van der Waals surface area contributed by atoms with E-state index in [2.05, 4.69) is 10.2 Å². The van der Waals surface area contributed by atoms with Crippen molar-refractivity contribution in [1.82, 2.24) is 15.2 Å². The maximum atomic E-state index is 13.1. The van der Waals surface area contributed by atoms with Crippen LogP contribution < -0.4 is 14.8 Å². The minimum absolute atomic E-state index is 0.197. The van der Waals surface area contributed by atoms with Gasteiger partial charge in [-0.3, -0.25) is 9.69 Å². The van der Waals surface area contributed by atoms with Crippen LogP contribution in [0.5, 0.6) is 11.5 Å². The standard InChI is InChI=1S/C28H32F3N3O4S2/c1-17-13-22(21(37-4)14-23(17)40-27(2,3)26(35)36)38-16-24-20(15-34-11-9-32-10-12-34)33-25(39-24)18-5-7-19(8-6-18)28(29,30)31/h5-8,13-14,32H,9-12,15-16H2,1-4H3,(H,35,36). The first kappa shape index (κ1) is 30.2. The van der Waals surface area contributed by atoms with Gasteiger partial charge in [-0.1, -0.05) is 12.1 Å². The summed E-state index contributed by atoms with van der Waals surface area (Å²) in [5.74, 6) is 0.0720. The van der Waals surface area contributed by atoms with Gasteiger partial charge in [0.2, 0.25) is 0 Å². The number of thioether (sulfide) groups is 1. The fourth-order valence-corrected chi connectivity index (χ4v) is 6.13. The van der Waals surface area contributed by atoms with E-state index in [1.165, 1.54) is 42.3 Å². The molecule has 1 aliphatic heterocycles. The summed E-state index contributed by atoms with van der Waals surface area (Å²) in [5, 5.41) is 13.5. The van der Waals surface area contributed by atoms with Gasteiger partial charge in [-0.25, -0.2) is 4.98 Å². The summed E-state index contributed by atoms with van der Waals surface area (Å²) in [4.78, 5) is 20.4. The lowest BCUT2D eigenvalue weighted by molar-refractivity contribution is -0.139. The third-order valence-electron chi connectivity index (χ3n) is 6.52. The number of methoxy groups -OCH3 is 1. The fourth-order valence-electron chi connectivity index (χ4n) is 4.11. The second kappa shape index (κ2) is 12.4. The zero-order chi connectivity index (χ0) is 29.1. The van der Waals surface area contributed by atoms with Crippen molar-refractivity contribution in [1.29, 1.82) is 0 Å². The van der Waals surface area contributed by atoms with Gasteiger partial charge >= 0.3 is 12.1 Å². The van der Waals surface area contributed by atoms with Gasteiger partial charge in [-0.05, 0) is 50.6 Å². The van der Waals surface area contributed by atoms with Gasteiger partial charge in [0, 0.05) is 43.2 Å². The van der Waals surface area contributed by atoms with E-state index in [4.69, 9.17) is 14.5 Å². The number of aryl methyl sites for hydroxylation is 1. The second-order valence-corrected chi connectivity index (χ2v) is 12.7. The largest absolute Gasteiger partial charge is 0.493 e. The Morgan fingerprint density at radius 3 is 2.42 bits per heavy atom. The molecule has 12 heteroatoms. The Bertz CT molecular complexity index is 1340. The topological polar surface area (TPSA) is 83.9 Å². The molecule has 2 N–H and O–H groups in total. The lowest BCUT2D eigenvalue weighted by Gasteiger charge is -2.26. The lowest BCUT2D eigenvalue weighted by Crippen LogP contribution is -2.43. The maximum absolute atomic E-state index is 13.1. The number of piperazine rings is 1. The molecule has 0 aliphatic carbocycles. The molecule has 1 aromatic heterocycles. The van der Waals surface area contributed by atoms with Gasteiger partial charge < -0.3 is 19.9 Å². The molecule has 0 radical (unpaired) electrons. The molecule has 7 nitrogen and oxygen atoms in total. The summed E-state index contributed by atoms with van der Waals surface area (Å²) in [7, 11) is 1.53. The van der Waals surface area contributed by atoms with Crippen LogP contribution in [0.3, 0.4) is 0 Å². The Balaban J connectivity index is 1.60. The van der Waals surface area contributed by atoms with Crippen molar-refractivity contribution in [3.8, 4) is 22.1 Å². The number of carbonyl (C=O) groups is 1. The van der Waals surface area contributed by atoms with Crippen LogP contribution in [0.25, 0.3) is 10.6 Å². The summed E-state index contributed by atoms with van der Waals surface area (Å²) < 4.78 is 50.0. The van der Waals surface area contributed by atoms with Crippen molar-refractivity contribution in [2.45, 2.75) is 49.7 Å². The molecular weight excluding hydrogens is 563 g/mol. The molecule has 216 valence electrons. The zero-order valence-corrected chi connectivity index (χ0v) is 24.4. The molecule has 40 heavy (non-hydrogen) atoms. The Hall–Kier alpha value is -2.80. The number of ether oxygens (including phenoxy) is 2. The number of aromatic nitrogens is 1. The molecular formula is C28H32F3N3O4S2. The van der Waals surface area contributed by atoms with Crippen molar-refractivity contribution in [2.75, 3.05) is 33.3 Å². The summed E-state index contributed by atoms with van der Waals surface area (Å²) >= 11 is 2.63. The van der Waals surface area contributed by atoms with Crippen molar-refractivity contribution < 1.29 is 32.5 Å². The number of alkyl halides is 3. The number of nitrogens with one attached hydrogen (secondary N) is 1. The Morgan fingerprint density at radius 2 is 1.82 bits per heavy atom. The molecule has 0 amide bonds. The first-order chi connectivity index (χ1) is 18.9. The number of aliphatic carboxylic acids is 1. The van der Waals surface area contributed by atoms with Crippen LogP contribution in [-0.4, -0.2) is 59.0 Å². The predicted octanol–water partition coefficient (Wildman–Crippen LogP) is 6.09. The Kier molecular flexibility index (Phi) is 9.33. The molecule has 0 bridgehead atoms. The highest BCUT2D eigenvalue weighted by Crippen LogP contribution is 2.41. The highest BCUT2D eigenvalue weighted by atomic mass is 32.2. The average molecular weight is 596 g/mol. The Morgan fingerprint density at radius 1 is 1.15 bits per heavy atom. The van der Waals surface area contributed by atoms with Crippen LogP contribution in [0.1, 0.15) is 35.5 Å². The number of hydrogen-bond donors (Lipinski definition) is 2. The lowest BCUT2D eigenvalue weighted by atomic mass is 10.1. The van der Waals surface area contributed by atoms with Crippen molar-refractivity contribution in [3.05, 3.63) is 58.1 Å². The number of halogens is 3. The average Bonchev–Trinajstić information content (AvgIpc) is 3.31. The molecule has 1 fully saturated rings. The highest BCUT2D eigenvalue weighted by Gasteiger charge is 2.31. The van der Waals surface area contributed by atoms with Gasteiger partial charge in [0.05, 0.1) is 23.2 Å². The monoisotopic (exact) mass is 595 g/mol. The molecule has 1 saturated heterocycles. The third-order valence-corrected chi connectivity index (χ3v) is 8.99. The third kappa shape index (κ3) is 7.28. The smallest absolute Gasteiger partial charge is 0.416 e. The van der Waals surface area contributed by atoms with Crippen molar-refractivity contribution in [3.63, 3.8) is 0 Å². The van der Waals surface area contributed by atoms with E-state index in [0.717, 1.165) is 59.3 Å². The molecule has 1 aliphatic rings. The normalized spacial score (nSPS) is 14.8. The van der Waals surface area contributed by atoms with Crippen LogP contribution >= 0.6 is 23.1 Å². The highest BCUT2D eigenvalue weighted by molar-refractivity contribution is 8.01. The van der Waals surface area contributed by atoms with Crippen LogP contribution in [0.2, 0.25) is 0 Å². The number of thiazole rings is 1. The zero-order valence-electron chi connectivity index (χ0n) is 22.7. The van der Waals surface area contributed by atoms with Crippen LogP contribution in [0.4, 0.5) is 13.2 Å². The minimum atomic E-state index is -4.40. The number of carboxylic acids is 1. The van der Waals surface area contributed by atoms with Gasteiger partial charge in [-0.15, -0.1) is 23.1 Å². The van der Waals surface area contributed by atoms with Crippen LogP contribution in [0.15, 0.2) is 41.3 Å². The fraction of sp³-hybridized carbons (Fsp3) is 0.429. The maximum Gasteiger partial charge on any atom is 0.416 e. The number of nitrogens with zero attached hydrogens (tertiary/aromatic N) is 2. The summed E-state index contributed by atoms with van der Waals surface area (Å²) in [6.45, 7) is 9.47. The number of hydrogen-bond acceptors (Lipinski definition) is 8. The molecule has 2 heterocycles. The Labute approximate surface area is 239 Å². The summed E-state index contributed by atoms with van der Waals surface area (Å²) in [6.07, 6.45) is -4.40. The SMILES string of the molecule is COc1cc(SC(C)(C)C(=O)O)c(C)cc1OCc1sc(-c2ccc(C(F)(F)F)cc2)nc1CN1CCNCC1. The van der Waals surface area contributed by atoms with Crippen molar-refractivity contribution in [2.24, 2.45) is 0 Å². The van der Waals surface area contributed by atoms with Gasteiger partial charge in [0.15, 0.2) is 11.5 Å². The van der Waals surface area contributed by atoms with Crippen molar-refractivity contribution >= 4 is 29.1 Å².